The van der Waals surface area contributed by atoms with Crippen molar-refractivity contribution >= 4 is 12.0 Å². The molecule has 1 N–H and O–H groups in total. The summed E-state index contributed by atoms with van der Waals surface area (Å²) in [7, 11) is 0. The molecule has 0 aromatic heterocycles. The van der Waals surface area contributed by atoms with Crippen LogP contribution in [0.2, 0.25) is 0 Å². The van der Waals surface area contributed by atoms with E-state index >= 15 is 0 Å². The molecule has 17 heavy (non-hydrogen) atoms. The monoisotopic (exact) mass is 242 g/mol. The number of carboxylic acids is 1. The Morgan fingerprint density at radius 2 is 1.94 bits per heavy atom. The van der Waals surface area contributed by atoms with E-state index in [2.05, 4.69) is 6.92 Å². The van der Waals surface area contributed by atoms with Gasteiger partial charge < -0.3 is 14.9 Å². The Morgan fingerprint density at radius 1 is 1.29 bits per heavy atom. The molecular formula is C12H22N2O3. The largest absolute Gasteiger partial charge is 0.480 e. The minimum atomic E-state index is -0.952. The average Bonchev–Trinajstić information content (AvgIpc) is 3.10. The van der Waals surface area contributed by atoms with Crippen LogP contribution in [0.4, 0.5) is 4.79 Å². The number of urea groups is 1. The van der Waals surface area contributed by atoms with Crippen LogP contribution < -0.4 is 0 Å². The lowest BCUT2D eigenvalue weighted by atomic mass is 10.3. The van der Waals surface area contributed by atoms with Crippen LogP contribution in [0.15, 0.2) is 0 Å². The maximum atomic E-state index is 12.2. The summed E-state index contributed by atoms with van der Waals surface area (Å²) < 4.78 is 0. The molecule has 2 amide bonds. The minimum absolute atomic E-state index is 0.120. The highest BCUT2D eigenvalue weighted by molar-refractivity contribution is 5.80. The number of amides is 2. The summed E-state index contributed by atoms with van der Waals surface area (Å²) in [6.07, 6.45) is 4.13. The van der Waals surface area contributed by atoms with Gasteiger partial charge in [0.05, 0.1) is 0 Å². The second kappa shape index (κ2) is 6.47. The number of hydrogen-bond acceptors (Lipinski definition) is 2. The molecule has 5 nitrogen and oxygen atoms in total. The third-order valence-corrected chi connectivity index (χ3v) is 2.96. The molecular weight excluding hydrogens is 220 g/mol. The summed E-state index contributed by atoms with van der Waals surface area (Å²) in [5.41, 5.74) is 0. The molecule has 98 valence electrons. The first kappa shape index (κ1) is 13.8. The molecule has 0 aromatic carbocycles. The first-order valence-electron chi connectivity index (χ1n) is 6.37. The highest BCUT2D eigenvalue weighted by atomic mass is 16.4. The lowest BCUT2D eigenvalue weighted by Gasteiger charge is -2.29. The van der Waals surface area contributed by atoms with Gasteiger partial charge in [0.2, 0.25) is 0 Å². The zero-order chi connectivity index (χ0) is 12.8. The van der Waals surface area contributed by atoms with Gasteiger partial charge in [-0.25, -0.2) is 4.79 Å². The quantitative estimate of drug-likeness (QED) is 0.740. The van der Waals surface area contributed by atoms with E-state index < -0.39 is 5.97 Å². The van der Waals surface area contributed by atoms with Crippen molar-refractivity contribution in [2.75, 3.05) is 19.6 Å². The first-order chi connectivity index (χ1) is 8.10. The van der Waals surface area contributed by atoms with E-state index in [4.69, 9.17) is 5.11 Å². The number of rotatable bonds is 7. The maximum absolute atomic E-state index is 12.2. The van der Waals surface area contributed by atoms with Gasteiger partial charge in [0.15, 0.2) is 0 Å². The average molecular weight is 242 g/mol. The Hall–Kier alpha value is -1.26. The summed E-state index contributed by atoms with van der Waals surface area (Å²) in [4.78, 5) is 26.1. The summed E-state index contributed by atoms with van der Waals surface area (Å²) in [5, 5.41) is 8.76. The molecule has 1 saturated carbocycles. The number of hydrogen-bond donors (Lipinski definition) is 1. The molecule has 0 atom stereocenters. The van der Waals surface area contributed by atoms with Gasteiger partial charge in [0, 0.05) is 19.1 Å². The van der Waals surface area contributed by atoms with Gasteiger partial charge in [-0.3, -0.25) is 4.79 Å². The van der Waals surface area contributed by atoms with Gasteiger partial charge in [-0.2, -0.15) is 0 Å². The number of nitrogens with zero attached hydrogens (tertiary/aromatic N) is 2. The fourth-order valence-electron chi connectivity index (χ4n) is 1.81. The molecule has 1 aliphatic rings. The summed E-state index contributed by atoms with van der Waals surface area (Å²) in [5.74, 6) is -0.952. The van der Waals surface area contributed by atoms with Crippen LogP contribution in [0.25, 0.3) is 0 Å². The van der Waals surface area contributed by atoms with Gasteiger partial charge in [-0.15, -0.1) is 0 Å². The van der Waals surface area contributed by atoms with E-state index in [1.54, 1.807) is 0 Å². The highest BCUT2D eigenvalue weighted by Gasteiger charge is 2.34. The molecule has 1 aliphatic carbocycles. The molecule has 0 radical (unpaired) electrons. The summed E-state index contributed by atoms with van der Waals surface area (Å²) in [6, 6.07) is 0.225. The van der Waals surface area contributed by atoms with Gasteiger partial charge in [-0.1, -0.05) is 13.3 Å². The predicted octanol–water partition coefficient (Wildman–Crippen LogP) is 1.78. The Balaban J connectivity index is 2.57. The van der Waals surface area contributed by atoms with Crippen LogP contribution >= 0.6 is 0 Å². The summed E-state index contributed by atoms with van der Waals surface area (Å²) >= 11 is 0. The van der Waals surface area contributed by atoms with Crippen molar-refractivity contribution in [1.82, 2.24) is 9.80 Å². The minimum Gasteiger partial charge on any atom is -0.480 e. The number of carbonyl (C=O) groups excluding carboxylic acids is 1. The zero-order valence-corrected chi connectivity index (χ0v) is 10.7. The SMILES string of the molecule is CCCCN(C(=O)N(CC)CC(=O)O)C1CC1. The zero-order valence-electron chi connectivity index (χ0n) is 10.7. The Labute approximate surface area is 102 Å². The second-order valence-corrected chi connectivity index (χ2v) is 4.47. The van der Waals surface area contributed by atoms with Crippen LogP contribution in [0.1, 0.15) is 39.5 Å². The van der Waals surface area contributed by atoms with E-state index in [9.17, 15) is 9.59 Å². The van der Waals surface area contributed by atoms with Gasteiger partial charge in [-0.05, 0) is 26.2 Å². The molecule has 0 aromatic rings. The van der Waals surface area contributed by atoms with E-state index in [0.29, 0.717) is 12.6 Å². The Morgan fingerprint density at radius 3 is 2.35 bits per heavy atom. The molecule has 0 spiro atoms. The number of likely N-dealkylation sites (N-methyl/N-ethyl adjacent to an activating group) is 1. The second-order valence-electron chi connectivity index (χ2n) is 4.47. The highest BCUT2D eigenvalue weighted by Crippen LogP contribution is 2.28. The van der Waals surface area contributed by atoms with Crippen molar-refractivity contribution < 1.29 is 14.7 Å². The van der Waals surface area contributed by atoms with Crippen LogP contribution in [0.3, 0.4) is 0 Å². The third kappa shape index (κ3) is 4.24. The van der Waals surface area contributed by atoms with Gasteiger partial charge >= 0.3 is 12.0 Å². The van der Waals surface area contributed by atoms with E-state index in [0.717, 1.165) is 32.2 Å². The molecule has 0 heterocycles. The molecule has 1 rings (SSSR count). The third-order valence-electron chi connectivity index (χ3n) is 2.96. The van der Waals surface area contributed by atoms with Crippen molar-refractivity contribution in [2.45, 2.75) is 45.6 Å². The van der Waals surface area contributed by atoms with Crippen molar-refractivity contribution in [3.05, 3.63) is 0 Å². The van der Waals surface area contributed by atoms with Crippen molar-refractivity contribution in [2.24, 2.45) is 0 Å². The van der Waals surface area contributed by atoms with Crippen molar-refractivity contribution in [3.63, 3.8) is 0 Å². The molecule has 1 fully saturated rings. The molecule has 0 saturated heterocycles. The number of carboxylic acid groups (broad SMARTS) is 1. The van der Waals surface area contributed by atoms with E-state index in [-0.39, 0.29) is 12.6 Å². The molecule has 0 aliphatic heterocycles. The first-order valence-corrected chi connectivity index (χ1v) is 6.37. The topological polar surface area (TPSA) is 60.9 Å². The Kier molecular flexibility index (Phi) is 5.25. The lowest BCUT2D eigenvalue weighted by molar-refractivity contribution is -0.137. The fraction of sp³-hybridized carbons (Fsp3) is 0.833. The van der Waals surface area contributed by atoms with Gasteiger partial charge in [0.25, 0.3) is 0 Å². The van der Waals surface area contributed by atoms with Crippen LogP contribution in [0.5, 0.6) is 0 Å². The van der Waals surface area contributed by atoms with Crippen LogP contribution in [-0.2, 0) is 4.79 Å². The fourth-order valence-corrected chi connectivity index (χ4v) is 1.81. The van der Waals surface area contributed by atoms with Crippen molar-refractivity contribution in [1.29, 1.82) is 0 Å². The number of aliphatic carboxylic acids is 1. The number of unbranched alkanes of at least 4 members (excludes halogenated alkanes) is 1. The maximum Gasteiger partial charge on any atom is 0.323 e. The predicted molar refractivity (Wildman–Crippen MR) is 64.9 cm³/mol. The van der Waals surface area contributed by atoms with Crippen LogP contribution in [-0.4, -0.2) is 52.6 Å². The van der Waals surface area contributed by atoms with Gasteiger partial charge in [0.1, 0.15) is 6.54 Å². The standard InChI is InChI=1S/C12H22N2O3/c1-3-5-8-14(10-6-7-10)12(17)13(4-2)9-11(15)16/h10H,3-9H2,1-2H3,(H,15,16). The Bertz CT molecular complexity index is 277. The molecule has 0 unspecified atom stereocenters. The molecule has 5 heteroatoms. The smallest absolute Gasteiger partial charge is 0.323 e. The number of carbonyl (C=O) groups is 2. The lowest BCUT2D eigenvalue weighted by Crippen LogP contribution is -2.46. The van der Waals surface area contributed by atoms with E-state index in [1.165, 1.54) is 4.90 Å². The molecule has 0 bridgehead atoms. The van der Waals surface area contributed by atoms with E-state index in [1.807, 2.05) is 11.8 Å². The van der Waals surface area contributed by atoms with Crippen molar-refractivity contribution in [3.8, 4) is 0 Å². The van der Waals surface area contributed by atoms with Crippen LogP contribution in [0, 0.1) is 0 Å². The summed E-state index contributed by atoms with van der Waals surface area (Å²) in [6.45, 7) is 4.89. The normalized spacial score (nSPS) is 14.5.